The Bertz CT molecular complexity index is 1030. The molecule has 0 aliphatic carbocycles. The van der Waals surface area contributed by atoms with Crippen LogP contribution in [0.3, 0.4) is 0 Å². The first-order valence-electron chi connectivity index (χ1n) is 11.1. The molecular formula is C23H31N3O7S. The van der Waals surface area contributed by atoms with Gasteiger partial charge >= 0.3 is 6.09 Å². The number of nitrogens with zero attached hydrogens (tertiary/aromatic N) is 2. The first-order chi connectivity index (χ1) is 16.3. The molecule has 1 aliphatic heterocycles. The molecule has 2 heterocycles. The maximum absolute atomic E-state index is 12.6. The topological polar surface area (TPSA) is 120 Å². The van der Waals surface area contributed by atoms with E-state index in [0.717, 1.165) is 0 Å². The zero-order chi connectivity index (χ0) is 24.7. The van der Waals surface area contributed by atoms with Crippen LogP contribution in [0, 0.1) is 6.92 Å². The Labute approximate surface area is 201 Å². The highest BCUT2D eigenvalue weighted by atomic mass is 32.2. The van der Waals surface area contributed by atoms with Crippen LogP contribution in [-0.4, -0.2) is 71.8 Å². The summed E-state index contributed by atoms with van der Waals surface area (Å²) in [5.74, 6) is 1.76. The summed E-state index contributed by atoms with van der Waals surface area (Å²) in [5, 5.41) is 2.92. The first-order valence-corrected chi connectivity index (χ1v) is 12.6. The fraction of sp³-hybridized carbons (Fsp3) is 0.522. The Morgan fingerprint density at radius 1 is 1.21 bits per heavy atom. The maximum Gasteiger partial charge on any atom is 0.409 e. The Morgan fingerprint density at radius 3 is 2.56 bits per heavy atom. The highest BCUT2D eigenvalue weighted by molar-refractivity contribution is 7.84. The number of oxazole rings is 1. The van der Waals surface area contributed by atoms with E-state index in [-0.39, 0.29) is 29.5 Å². The molecule has 186 valence electrons. The summed E-state index contributed by atoms with van der Waals surface area (Å²) >= 11 is 0. The van der Waals surface area contributed by atoms with Gasteiger partial charge < -0.3 is 28.8 Å². The maximum atomic E-state index is 12.6. The van der Waals surface area contributed by atoms with Crippen molar-refractivity contribution in [2.75, 3.05) is 39.7 Å². The second-order valence-electron chi connectivity index (χ2n) is 7.85. The van der Waals surface area contributed by atoms with Crippen LogP contribution in [0.25, 0.3) is 11.5 Å². The number of hydrogen-bond acceptors (Lipinski definition) is 8. The lowest BCUT2D eigenvalue weighted by Gasteiger charge is -2.31. The third-order valence-corrected chi connectivity index (χ3v) is 6.68. The van der Waals surface area contributed by atoms with Crippen molar-refractivity contribution in [2.24, 2.45) is 0 Å². The number of rotatable bonds is 9. The van der Waals surface area contributed by atoms with Crippen molar-refractivity contribution >= 4 is 22.8 Å². The number of hydrogen-bond donors (Lipinski definition) is 1. The number of benzene rings is 1. The quantitative estimate of drug-likeness (QED) is 0.566. The van der Waals surface area contributed by atoms with E-state index in [4.69, 9.17) is 18.6 Å². The number of amides is 2. The molecule has 0 saturated carbocycles. The third-order valence-electron chi connectivity index (χ3n) is 5.50. The number of aryl methyl sites for hydroxylation is 1. The SMILES string of the molecule is CCOC(=O)N1CCC(NC(=O)C[S@](=O)Cc2nc(-c3ccc(OC)c(OC)c3)oc2C)CC1. The molecule has 11 heteroatoms. The van der Waals surface area contributed by atoms with Gasteiger partial charge in [-0.15, -0.1) is 0 Å². The van der Waals surface area contributed by atoms with E-state index in [1.807, 2.05) is 0 Å². The molecule has 34 heavy (non-hydrogen) atoms. The lowest BCUT2D eigenvalue weighted by atomic mass is 10.1. The molecule has 1 aromatic heterocycles. The molecule has 1 aliphatic rings. The van der Waals surface area contributed by atoms with Gasteiger partial charge in [-0.05, 0) is 44.9 Å². The fourth-order valence-electron chi connectivity index (χ4n) is 3.69. The highest BCUT2D eigenvalue weighted by Gasteiger charge is 2.25. The molecule has 2 aromatic rings. The monoisotopic (exact) mass is 493 g/mol. The minimum Gasteiger partial charge on any atom is -0.493 e. The van der Waals surface area contributed by atoms with E-state index in [1.54, 1.807) is 51.2 Å². The van der Waals surface area contributed by atoms with Gasteiger partial charge in [0.15, 0.2) is 11.5 Å². The van der Waals surface area contributed by atoms with Crippen molar-refractivity contribution < 1.29 is 32.4 Å². The number of aromatic nitrogens is 1. The third kappa shape index (κ3) is 6.49. The number of likely N-dealkylation sites (tertiary alicyclic amines) is 1. The van der Waals surface area contributed by atoms with Gasteiger partial charge in [0.1, 0.15) is 11.5 Å². The molecule has 1 N–H and O–H groups in total. The number of carbonyl (C=O) groups excluding carboxylic acids is 2. The molecular weight excluding hydrogens is 462 g/mol. The molecule has 10 nitrogen and oxygen atoms in total. The van der Waals surface area contributed by atoms with Gasteiger partial charge in [-0.3, -0.25) is 9.00 Å². The number of methoxy groups -OCH3 is 2. The van der Waals surface area contributed by atoms with Crippen molar-refractivity contribution in [2.45, 2.75) is 38.5 Å². The van der Waals surface area contributed by atoms with E-state index >= 15 is 0 Å². The molecule has 3 rings (SSSR count). The molecule has 0 spiro atoms. The molecule has 1 atom stereocenters. The van der Waals surface area contributed by atoms with Gasteiger partial charge in [-0.1, -0.05) is 0 Å². The lowest BCUT2D eigenvalue weighted by Crippen LogP contribution is -2.47. The predicted molar refractivity (Wildman–Crippen MR) is 126 cm³/mol. The van der Waals surface area contributed by atoms with E-state index in [1.165, 1.54) is 0 Å². The Hall–Kier alpha value is -3.08. The smallest absolute Gasteiger partial charge is 0.409 e. The number of piperidine rings is 1. The summed E-state index contributed by atoms with van der Waals surface area (Å²) in [6.45, 7) is 4.89. The first kappa shape index (κ1) is 25.5. The van der Waals surface area contributed by atoms with Crippen molar-refractivity contribution in [1.29, 1.82) is 0 Å². The molecule has 0 radical (unpaired) electrons. The van der Waals surface area contributed by atoms with Crippen LogP contribution >= 0.6 is 0 Å². The van der Waals surface area contributed by atoms with Crippen LogP contribution in [0.15, 0.2) is 22.6 Å². The van der Waals surface area contributed by atoms with Crippen molar-refractivity contribution in [3.05, 3.63) is 29.7 Å². The van der Waals surface area contributed by atoms with Gasteiger partial charge in [-0.25, -0.2) is 9.78 Å². The Kier molecular flexibility index (Phi) is 8.91. The second-order valence-corrected chi connectivity index (χ2v) is 9.30. The number of carbonyl (C=O) groups is 2. The molecule has 1 saturated heterocycles. The molecule has 1 aromatic carbocycles. The number of ether oxygens (including phenoxy) is 3. The summed E-state index contributed by atoms with van der Waals surface area (Å²) in [6, 6.07) is 5.26. The second kappa shape index (κ2) is 11.9. The number of nitrogens with one attached hydrogen (secondary N) is 1. The van der Waals surface area contributed by atoms with E-state index < -0.39 is 10.8 Å². The molecule has 1 fully saturated rings. The normalized spacial score (nSPS) is 15.0. The Morgan fingerprint density at radius 2 is 1.91 bits per heavy atom. The molecule has 0 unspecified atom stereocenters. The van der Waals surface area contributed by atoms with E-state index in [2.05, 4.69) is 10.3 Å². The van der Waals surface area contributed by atoms with Crippen molar-refractivity contribution in [3.8, 4) is 23.0 Å². The van der Waals surface area contributed by atoms with Crippen LogP contribution in [0.4, 0.5) is 4.79 Å². The van der Waals surface area contributed by atoms with Gasteiger partial charge in [-0.2, -0.15) is 0 Å². The standard InChI is InChI=1S/C23H31N3O7S/c1-5-32-23(28)26-10-8-17(9-11-26)24-21(27)14-34(29)13-18-15(2)33-22(25-18)16-6-7-19(30-3)20(12-16)31-4/h6-7,12,17H,5,8-11,13-14H2,1-4H3,(H,24,27)/t34-/m1/s1. The van der Waals surface area contributed by atoms with Crippen LogP contribution in [-0.2, 0) is 26.1 Å². The van der Waals surface area contributed by atoms with Crippen LogP contribution in [0.1, 0.15) is 31.2 Å². The van der Waals surface area contributed by atoms with Crippen LogP contribution in [0.5, 0.6) is 11.5 Å². The predicted octanol–water partition coefficient (Wildman–Crippen LogP) is 2.65. The van der Waals surface area contributed by atoms with Crippen LogP contribution < -0.4 is 14.8 Å². The summed E-state index contributed by atoms with van der Waals surface area (Å²) in [6.07, 6.45) is 0.937. The van der Waals surface area contributed by atoms with E-state index in [0.29, 0.717) is 66.9 Å². The minimum absolute atomic E-state index is 0.0550. The largest absolute Gasteiger partial charge is 0.493 e. The van der Waals surface area contributed by atoms with Gasteiger partial charge in [0.25, 0.3) is 0 Å². The van der Waals surface area contributed by atoms with Gasteiger partial charge in [0.05, 0.1) is 32.3 Å². The average molecular weight is 494 g/mol. The Balaban J connectivity index is 1.52. The van der Waals surface area contributed by atoms with Crippen molar-refractivity contribution in [1.82, 2.24) is 15.2 Å². The summed E-state index contributed by atoms with van der Waals surface area (Å²) in [5.41, 5.74) is 1.24. The zero-order valence-electron chi connectivity index (χ0n) is 19.9. The zero-order valence-corrected chi connectivity index (χ0v) is 20.7. The average Bonchev–Trinajstić information content (AvgIpc) is 3.18. The summed E-state index contributed by atoms with van der Waals surface area (Å²) in [7, 11) is 1.66. The van der Waals surface area contributed by atoms with E-state index in [9.17, 15) is 13.8 Å². The fourth-order valence-corrected chi connectivity index (χ4v) is 4.75. The van der Waals surface area contributed by atoms with Gasteiger partial charge in [0.2, 0.25) is 11.8 Å². The summed E-state index contributed by atoms with van der Waals surface area (Å²) < 4.78 is 34.0. The van der Waals surface area contributed by atoms with Gasteiger partial charge in [0, 0.05) is 35.5 Å². The van der Waals surface area contributed by atoms with Crippen LogP contribution in [0.2, 0.25) is 0 Å². The minimum atomic E-state index is -1.45. The highest BCUT2D eigenvalue weighted by Crippen LogP contribution is 2.32. The van der Waals surface area contributed by atoms with Crippen molar-refractivity contribution in [3.63, 3.8) is 0 Å². The molecule has 2 amide bonds. The molecule has 0 bridgehead atoms. The lowest BCUT2D eigenvalue weighted by molar-refractivity contribution is -0.119. The summed E-state index contributed by atoms with van der Waals surface area (Å²) in [4.78, 5) is 30.3.